The van der Waals surface area contributed by atoms with Gasteiger partial charge in [0.1, 0.15) is 0 Å². The number of rotatable bonds is 6. The molecular formula is C24H25ClN2O2S. The number of anilines is 1. The van der Waals surface area contributed by atoms with E-state index < -0.39 is 0 Å². The highest BCUT2D eigenvalue weighted by Gasteiger charge is 2.25. The lowest BCUT2D eigenvalue weighted by atomic mass is 10.0. The van der Waals surface area contributed by atoms with Crippen molar-refractivity contribution in [3.63, 3.8) is 0 Å². The normalized spacial score (nSPS) is 16.7. The molecule has 0 N–H and O–H groups in total. The molecule has 1 amide bonds. The molecule has 30 heavy (non-hydrogen) atoms. The van der Waals surface area contributed by atoms with E-state index in [4.69, 9.17) is 21.3 Å². The predicted octanol–water partition coefficient (Wildman–Crippen LogP) is 6.30. The summed E-state index contributed by atoms with van der Waals surface area (Å²) in [6.07, 6.45) is 5.37. The second-order valence-corrected chi connectivity index (χ2v) is 9.20. The Kier molecular flexibility index (Phi) is 6.52. The minimum Gasteiger partial charge on any atom is -0.376 e. The first kappa shape index (κ1) is 21.0. The van der Waals surface area contributed by atoms with Crippen LogP contribution in [0.15, 0.2) is 48.5 Å². The van der Waals surface area contributed by atoms with Gasteiger partial charge in [0.25, 0.3) is 5.91 Å². The van der Waals surface area contributed by atoms with Gasteiger partial charge in [0, 0.05) is 17.7 Å². The number of amides is 1. The summed E-state index contributed by atoms with van der Waals surface area (Å²) >= 11 is 7.79. The molecule has 1 atom stereocenters. The number of para-hydroxylation sites is 1. The monoisotopic (exact) mass is 440 g/mol. The fraction of sp³-hybridized carbons (Fsp3) is 0.333. The van der Waals surface area contributed by atoms with Gasteiger partial charge < -0.3 is 4.74 Å². The van der Waals surface area contributed by atoms with Gasteiger partial charge in [0.15, 0.2) is 5.13 Å². The highest BCUT2D eigenvalue weighted by molar-refractivity contribution is 7.22. The molecule has 1 unspecified atom stereocenters. The van der Waals surface area contributed by atoms with Crippen molar-refractivity contribution in [2.45, 2.75) is 38.7 Å². The summed E-state index contributed by atoms with van der Waals surface area (Å²) in [7, 11) is 0. The molecule has 0 spiro atoms. The van der Waals surface area contributed by atoms with Gasteiger partial charge in [-0.05, 0) is 48.1 Å². The van der Waals surface area contributed by atoms with Crippen molar-refractivity contribution < 1.29 is 9.53 Å². The molecule has 0 aliphatic carbocycles. The molecular weight excluding hydrogens is 416 g/mol. The number of carbonyl (C=O) groups is 1. The van der Waals surface area contributed by atoms with E-state index in [9.17, 15) is 4.79 Å². The molecule has 2 aromatic carbocycles. The number of hydrogen-bond acceptors (Lipinski definition) is 4. The van der Waals surface area contributed by atoms with E-state index in [-0.39, 0.29) is 12.0 Å². The van der Waals surface area contributed by atoms with Crippen LogP contribution >= 0.6 is 22.9 Å². The first-order valence-electron chi connectivity index (χ1n) is 10.3. The summed E-state index contributed by atoms with van der Waals surface area (Å²) in [5.74, 6) is 0.252. The zero-order valence-corrected chi connectivity index (χ0v) is 18.7. The Morgan fingerprint density at radius 1 is 1.30 bits per heavy atom. The van der Waals surface area contributed by atoms with Crippen LogP contribution in [0, 0.1) is 0 Å². The third-order valence-corrected chi connectivity index (χ3v) is 6.67. The van der Waals surface area contributed by atoms with Crippen LogP contribution in [0.2, 0.25) is 5.02 Å². The summed E-state index contributed by atoms with van der Waals surface area (Å²) < 4.78 is 6.90. The maximum absolute atomic E-state index is 13.2. The average molecular weight is 441 g/mol. The van der Waals surface area contributed by atoms with Crippen molar-refractivity contribution in [3.05, 3.63) is 64.7 Å². The van der Waals surface area contributed by atoms with E-state index in [1.165, 1.54) is 5.56 Å². The molecule has 0 saturated carbocycles. The SMILES string of the molecule is CC(C)c1cccc2sc(N(CC3CCCO3)C(=O)/C=C/c3ccccc3Cl)nc12. The van der Waals surface area contributed by atoms with Crippen LogP contribution in [0.1, 0.15) is 43.7 Å². The smallest absolute Gasteiger partial charge is 0.252 e. The van der Waals surface area contributed by atoms with Gasteiger partial charge in [-0.2, -0.15) is 0 Å². The Labute approximate surface area is 186 Å². The summed E-state index contributed by atoms with van der Waals surface area (Å²) in [5, 5.41) is 1.33. The van der Waals surface area contributed by atoms with Crippen molar-refractivity contribution in [3.8, 4) is 0 Å². The molecule has 1 saturated heterocycles. The number of benzene rings is 2. The Hall–Kier alpha value is -2.21. The van der Waals surface area contributed by atoms with E-state index in [1.54, 1.807) is 28.4 Å². The Balaban J connectivity index is 1.67. The lowest BCUT2D eigenvalue weighted by Gasteiger charge is -2.21. The largest absolute Gasteiger partial charge is 0.376 e. The molecule has 1 aromatic heterocycles. The lowest BCUT2D eigenvalue weighted by molar-refractivity contribution is -0.114. The van der Waals surface area contributed by atoms with Gasteiger partial charge >= 0.3 is 0 Å². The number of hydrogen-bond donors (Lipinski definition) is 0. The highest BCUT2D eigenvalue weighted by Crippen LogP contribution is 2.34. The molecule has 1 fully saturated rings. The molecule has 156 valence electrons. The van der Waals surface area contributed by atoms with E-state index >= 15 is 0 Å². The van der Waals surface area contributed by atoms with E-state index in [1.807, 2.05) is 24.3 Å². The molecule has 2 heterocycles. The number of halogens is 1. The van der Waals surface area contributed by atoms with Crippen LogP contribution in [0.25, 0.3) is 16.3 Å². The molecule has 4 rings (SSSR count). The topological polar surface area (TPSA) is 42.4 Å². The van der Waals surface area contributed by atoms with E-state index in [2.05, 4.69) is 32.0 Å². The maximum atomic E-state index is 13.2. The van der Waals surface area contributed by atoms with Crippen LogP contribution < -0.4 is 4.90 Å². The van der Waals surface area contributed by atoms with Gasteiger partial charge in [-0.1, -0.05) is 67.1 Å². The summed E-state index contributed by atoms with van der Waals surface area (Å²) in [6, 6.07) is 13.7. The van der Waals surface area contributed by atoms with Crippen molar-refractivity contribution in [2.24, 2.45) is 0 Å². The van der Waals surface area contributed by atoms with Crippen LogP contribution in [-0.2, 0) is 9.53 Å². The first-order valence-corrected chi connectivity index (χ1v) is 11.5. The van der Waals surface area contributed by atoms with Crippen LogP contribution in [0.3, 0.4) is 0 Å². The van der Waals surface area contributed by atoms with Crippen molar-refractivity contribution in [1.82, 2.24) is 4.98 Å². The van der Waals surface area contributed by atoms with Gasteiger partial charge in [-0.15, -0.1) is 0 Å². The fourth-order valence-electron chi connectivity index (χ4n) is 3.66. The van der Waals surface area contributed by atoms with Crippen molar-refractivity contribution >= 4 is 50.3 Å². The molecule has 4 nitrogen and oxygen atoms in total. The number of aromatic nitrogens is 1. The maximum Gasteiger partial charge on any atom is 0.252 e. The molecule has 1 aliphatic rings. The third kappa shape index (κ3) is 4.59. The van der Waals surface area contributed by atoms with Crippen molar-refractivity contribution in [1.29, 1.82) is 0 Å². The van der Waals surface area contributed by atoms with Gasteiger partial charge in [-0.25, -0.2) is 4.98 Å². The minimum atomic E-state index is -0.115. The predicted molar refractivity (Wildman–Crippen MR) is 126 cm³/mol. The second-order valence-electron chi connectivity index (χ2n) is 7.78. The Morgan fingerprint density at radius 2 is 2.13 bits per heavy atom. The van der Waals surface area contributed by atoms with E-state index in [0.717, 1.165) is 35.2 Å². The Bertz CT molecular complexity index is 1070. The fourth-order valence-corrected chi connectivity index (χ4v) is 4.87. The number of nitrogens with zero attached hydrogens (tertiary/aromatic N) is 2. The van der Waals surface area contributed by atoms with Gasteiger partial charge in [-0.3, -0.25) is 9.69 Å². The number of ether oxygens (including phenoxy) is 1. The first-order chi connectivity index (χ1) is 14.5. The summed E-state index contributed by atoms with van der Waals surface area (Å²) in [5.41, 5.74) is 3.00. The summed E-state index contributed by atoms with van der Waals surface area (Å²) in [6.45, 7) is 5.58. The van der Waals surface area contributed by atoms with Crippen molar-refractivity contribution in [2.75, 3.05) is 18.1 Å². The molecule has 1 aliphatic heterocycles. The quantitative estimate of drug-likeness (QED) is 0.422. The summed E-state index contributed by atoms with van der Waals surface area (Å²) in [4.78, 5) is 19.8. The number of thiazole rings is 1. The zero-order valence-electron chi connectivity index (χ0n) is 17.2. The zero-order chi connectivity index (χ0) is 21.1. The minimum absolute atomic E-state index is 0.0410. The van der Waals surface area contributed by atoms with Crippen LogP contribution in [0.5, 0.6) is 0 Å². The molecule has 6 heteroatoms. The average Bonchev–Trinajstić information content (AvgIpc) is 3.40. The molecule has 0 bridgehead atoms. The molecule has 0 radical (unpaired) electrons. The third-order valence-electron chi connectivity index (χ3n) is 5.28. The number of fused-ring (bicyclic) bond motifs is 1. The van der Waals surface area contributed by atoms with Crippen LogP contribution in [0.4, 0.5) is 5.13 Å². The number of carbonyl (C=O) groups excluding carboxylic acids is 1. The molecule has 3 aromatic rings. The lowest BCUT2D eigenvalue weighted by Crippen LogP contribution is -2.36. The van der Waals surface area contributed by atoms with Gasteiger partial charge in [0.05, 0.1) is 22.9 Å². The Morgan fingerprint density at radius 3 is 2.87 bits per heavy atom. The highest BCUT2D eigenvalue weighted by atomic mass is 35.5. The van der Waals surface area contributed by atoms with E-state index in [0.29, 0.717) is 22.6 Å². The van der Waals surface area contributed by atoms with Crippen LogP contribution in [-0.4, -0.2) is 30.1 Å². The van der Waals surface area contributed by atoms with Gasteiger partial charge in [0.2, 0.25) is 0 Å². The second kappa shape index (κ2) is 9.29. The standard InChI is InChI=1S/C24H25ClN2O2S/c1-16(2)19-9-5-11-21-23(19)26-24(30-21)27(15-18-8-6-14-29-18)22(28)13-12-17-7-3-4-10-20(17)25/h3-5,7,9-13,16,18H,6,8,14-15H2,1-2H3/b13-12+.